The van der Waals surface area contributed by atoms with Crippen molar-refractivity contribution in [1.29, 1.82) is 0 Å². The molecule has 1 aliphatic carbocycles. The number of aromatic nitrogens is 1. The maximum absolute atomic E-state index is 12.4. The van der Waals surface area contributed by atoms with Crippen molar-refractivity contribution >= 4 is 15.9 Å². The van der Waals surface area contributed by atoms with Crippen molar-refractivity contribution in [2.75, 3.05) is 13.6 Å². The lowest BCUT2D eigenvalue weighted by Crippen LogP contribution is -2.31. The minimum absolute atomic E-state index is 0.0117. The van der Waals surface area contributed by atoms with Crippen LogP contribution in [-0.2, 0) is 10.0 Å². The van der Waals surface area contributed by atoms with Gasteiger partial charge in [0.25, 0.3) is 5.91 Å². The summed E-state index contributed by atoms with van der Waals surface area (Å²) in [5.41, 5.74) is 0.412. The van der Waals surface area contributed by atoms with Crippen LogP contribution in [0.4, 0.5) is 0 Å². The van der Waals surface area contributed by atoms with E-state index in [1.165, 1.54) is 12.3 Å². The largest absolute Gasteiger partial charge is 0.340 e. The Hall–Kier alpha value is -1.34. The van der Waals surface area contributed by atoms with E-state index in [9.17, 15) is 13.2 Å². The Morgan fingerprint density at radius 1 is 1.50 bits per heavy atom. The molecule has 0 bridgehead atoms. The van der Waals surface area contributed by atoms with Crippen LogP contribution in [0.15, 0.2) is 17.2 Å². The van der Waals surface area contributed by atoms with Crippen LogP contribution in [0, 0.1) is 0 Å². The maximum atomic E-state index is 12.4. The summed E-state index contributed by atoms with van der Waals surface area (Å²) in [7, 11) is -2.06. The van der Waals surface area contributed by atoms with E-state index in [1.54, 1.807) is 16.5 Å². The van der Waals surface area contributed by atoms with Gasteiger partial charge in [-0.05, 0) is 31.7 Å². The van der Waals surface area contributed by atoms with E-state index in [2.05, 4.69) is 0 Å². The Labute approximate surface area is 119 Å². The number of hydrogen-bond donors (Lipinski definition) is 1. The summed E-state index contributed by atoms with van der Waals surface area (Å²) >= 11 is 0. The number of primary sulfonamides is 1. The van der Waals surface area contributed by atoms with E-state index < -0.39 is 10.0 Å². The molecule has 1 fully saturated rings. The van der Waals surface area contributed by atoms with Gasteiger partial charge in [0.15, 0.2) is 0 Å². The van der Waals surface area contributed by atoms with Crippen molar-refractivity contribution in [3.05, 3.63) is 18.0 Å². The van der Waals surface area contributed by atoms with E-state index in [0.717, 1.165) is 25.7 Å². The summed E-state index contributed by atoms with van der Waals surface area (Å²) < 4.78 is 24.7. The Morgan fingerprint density at radius 3 is 2.60 bits per heavy atom. The molecule has 112 valence electrons. The van der Waals surface area contributed by atoms with Crippen molar-refractivity contribution in [1.82, 2.24) is 9.47 Å². The highest BCUT2D eigenvalue weighted by Gasteiger charge is 2.27. The van der Waals surface area contributed by atoms with Gasteiger partial charge in [0.05, 0.1) is 0 Å². The Kier molecular flexibility index (Phi) is 4.19. The van der Waals surface area contributed by atoms with Gasteiger partial charge in [0.2, 0.25) is 10.0 Å². The molecule has 2 N–H and O–H groups in total. The van der Waals surface area contributed by atoms with Gasteiger partial charge in [-0.1, -0.05) is 6.92 Å². The van der Waals surface area contributed by atoms with E-state index in [4.69, 9.17) is 5.14 Å². The third kappa shape index (κ3) is 2.88. The minimum Gasteiger partial charge on any atom is -0.340 e. The number of rotatable bonds is 5. The van der Waals surface area contributed by atoms with E-state index in [1.807, 2.05) is 6.92 Å². The molecule has 2 rings (SSSR count). The fourth-order valence-corrected chi connectivity index (χ4v) is 2.92. The zero-order chi connectivity index (χ0) is 14.9. The molecular weight excluding hydrogens is 278 g/mol. The van der Waals surface area contributed by atoms with Crippen molar-refractivity contribution in [2.24, 2.45) is 5.14 Å². The average Bonchev–Trinajstić information content (AvgIpc) is 2.70. The first-order valence-corrected chi connectivity index (χ1v) is 8.39. The summed E-state index contributed by atoms with van der Waals surface area (Å²) in [6.07, 6.45) is 5.39. The highest BCUT2D eigenvalue weighted by molar-refractivity contribution is 7.89. The predicted octanol–water partition coefficient (Wildman–Crippen LogP) is 1.34. The lowest BCUT2D eigenvalue weighted by molar-refractivity contribution is 0.0778. The minimum atomic E-state index is -3.79. The number of nitrogens with zero attached hydrogens (tertiary/aromatic N) is 2. The van der Waals surface area contributed by atoms with Gasteiger partial charge in [-0.3, -0.25) is 4.79 Å². The first-order chi connectivity index (χ1) is 9.34. The molecule has 1 aromatic rings. The van der Waals surface area contributed by atoms with E-state index >= 15 is 0 Å². The number of amides is 1. The molecule has 20 heavy (non-hydrogen) atoms. The molecule has 0 aliphatic heterocycles. The lowest BCUT2D eigenvalue weighted by Gasteiger charge is -2.29. The van der Waals surface area contributed by atoms with Crippen LogP contribution in [-0.4, -0.2) is 37.4 Å². The Balaban J connectivity index is 2.39. The van der Waals surface area contributed by atoms with Gasteiger partial charge in [-0.2, -0.15) is 0 Å². The van der Waals surface area contributed by atoms with E-state index in [-0.39, 0.29) is 16.8 Å². The molecule has 1 heterocycles. The second-order valence-electron chi connectivity index (χ2n) is 5.32. The average molecular weight is 299 g/mol. The van der Waals surface area contributed by atoms with Crippen molar-refractivity contribution in [2.45, 2.75) is 43.5 Å². The number of carbonyl (C=O) groups is 1. The second kappa shape index (κ2) is 5.57. The second-order valence-corrected chi connectivity index (χ2v) is 6.89. The third-order valence-electron chi connectivity index (χ3n) is 3.74. The van der Waals surface area contributed by atoms with Gasteiger partial charge in [-0.25, -0.2) is 13.6 Å². The SMILES string of the molecule is CCCN(C)C(=O)c1cc(S(N)(=O)=O)cn1C1CCC1. The molecule has 1 aromatic heterocycles. The van der Waals surface area contributed by atoms with Crippen LogP contribution in [0.3, 0.4) is 0 Å². The quantitative estimate of drug-likeness (QED) is 0.890. The summed E-state index contributed by atoms with van der Waals surface area (Å²) in [4.78, 5) is 14.0. The monoisotopic (exact) mass is 299 g/mol. The topological polar surface area (TPSA) is 85.4 Å². The lowest BCUT2D eigenvalue weighted by atomic mass is 9.93. The standard InChI is InChI=1S/C13H21N3O3S/c1-3-7-15(2)13(17)12-8-11(20(14,18)19)9-16(12)10-5-4-6-10/h8-10H,3-7H2,1-2H3,(H2,14,18,19). The number of sulfonamides is 1. The molecule has 0 saturated heterocycles. The predicted molar refractivity (Wildman–Crippen MR) is 75.9 cm³/mol. The molecule has 0 spiro atoms. The van der Waals surface area contributed by atoms with Gasteiger partial charge >= 0.3 is 0 Å². The van der Waals surface area contributed by atoms with Crippen molar-refractivity contribution in [3.8, 4) is 0 Å². The molecule has 1 saturated carbocycles. The molecule has 0 atom stereocenters. The van der Waals surface area contributed by atoms with Gasteiger partial charge in [0.1, 0.15) is 10.6 Å². The summed E-state index contributed by atoms with van der Waals surface area (Å²) in [5, 5.41) is 5.17. The van der Waals surface area contributed by atoms with Crippen LogP contribution in [0.25, 0.3) is 0 Å². The Morgan fingerprint density at radius 2 is 2.15 bits per heavy atom. The Bertz CT molecular complexity index is 602. The maximum Gasteiger partial charge on any atom is 0.270 e. The fourth-order valence-electron chi connectivity index (χ4n) is 2.38. The van der Waals surface area contributed by atoms with Gasteiger partial charge in [-0.15, -0.1) is 0 Å². The summed E-state index contributed by atoms with van der Waals surface area (Å²) in [5.74, 6) is -0.159. The molecular formula is C13H21N3O3S. The van der Waals surface area contributed by atoms with Crippen LogP contribution >= 0.6 is 0 Å². The highest BCUT2D eigenvalue weighted by Crippen LogP contribution is 2.34. The fraction of sp³-hybridized carbons (Fsp3) is 0.615. The summed E-state index contributed by atoms with van der Waals surface area (Å²) in [6.45, 7) is 2.63. The number of hydrogen-bond acceptors (Lipinski definition) is 3. The molecule has 6 nitrogen and oxygen atoms in total. The first kappa shape index (κ1) is 15.1. The van der Waals surface area contributed by atoms with Crippen LogP contribution in [0.1, 0.15) is 49.1 Å². The van der Waals surface area contributed by atoms with E-state index in [0.29, 0.717) is 12.2 Å². The molecule has 7 heteroatoms. The normalized spacial score (nSPS) is 15.9. The molecule has 0 aromatic carbocycles. The number of nitrogens with two attached hydrogens (primary N) is 1. The molecule has 0 unspecified atom stereocenters. The molecule has 0 radical (unpaired) electrons. The van der Waals surface area contributed by atoms with Crippen LogP contribution in [0.5, 0.6) is 0 Å². The van der Waals surface area contributed by atoms with Gasteiger partial charge in [0, 0.05) is 25.8 Å². The molecule has 1 amide bonds. The molecule has 1 aliphatic rings. The van der Waals surface area contributed by atoms with Crippen LogP contribution in [0.2, 0.25) is 0 Å². The number of carbonyl (C=O) groups excluding carboxylic acids is 1. The first-order valence-electron chi connectivity index (χ1n) is 6.84. The highest BCUT2D eigenvalue weighted by atomic mass is 32.2. The third-order valence-corrected chi connectivity index (χ3v) is 4.63. The van der Waals surface area contributed by atoms with Crippen LogP contribution < -0.4 is 5.14 Å². The van der Waals surface area contributed by atoms with Crippen molar-refractivity contribution < 1.29 is 13.2 Å². The summed E-state index contributed by atoms with van der Waals surface area (Å²) in [6, 6.07) is 1.60. The van der Waals surface area contributed by atoms with Gasteiger partial charge < -0.3 is 9.47 Å². The smallest absolute Gasteiger partial charge is 0.270 e. The zero-order valence-corrected chi connectivity index (χ0v) is 12.7. The van der Waals surface area contributed by atoms with Crippen molar-refractivity contribution in [3.63, 3.8) is 0 Å². The zero-order valence-electron chi connectivity index (χ0n) is 11.9.